The summed E-state index contributed by atoms with van der Waals surface area (Å²) in [6.45, 7) is 9.98. The van der Waals surface area contributed by atoms with E-state index in [-0.39, 0.29) is 18.1 Å². The maximum absolute atomic E-state index is 12.9. The lowest BCUT2D eigenvalue weighted by Crippen LogP contribution is -2.48. The zero-order chi connectivity index (χ0) is 16.6. The van der Waals surface area contributed by atoms with Gasteiger partial charge in [0.15, 0.2) is 0 Å². The van der Waals surface area contributed by atoms with Crippen molar-refractivity contribution in [3.63, 3.8) is 0 Å². The van der Waals surface area contributed by atoms with E-state index in [1.54, 1.807) is 6.26 Å². The fourth-order valence-corrected chi connectivity index (χ4v) is 3.33. The molecule has 1 aliphatic rings. The molecule has 3 heterocycles. The van der Waals surface area contributed by atoms with E-state index in [0.717, 1.165) is 22.7 Å². The van der Waals surface area contributed by atoms with E-state index in [0.29, 0.717) is 19.6 Å². The van der Waals surface area contributed by atoms with Gasteiger partial charge in [-0.3, -0.25) is 4.79 Å². The summed E-state index contributed by atoms with van der Waals surface area (Å²) in [5, 5.41) is 0. The van der Waals surface area contributed by atoms with Gasteiger partial charge in [0, 0.05) is 24.5 Å². The van der Waals surface area contributed by atoms with Gasteiger partial charge in [-0.2, -0.15) is 0 Å². The number of nitrogens with zero attached hydrogens (tertiary/aromatic N) is 2. The highest BCUT2D eigenvalue weighted by molar-refractivity contribution is 5.95. The van der Waals surface area contributed by atoms with E-state index in [2.05, 4.69) is 4.57 Å². The van der Waals surface area contributed by atoms with Gasteiger partial charge in [0.25, 0.3) is 5.91 Å². The van der Waals surface area contributed by atoms with Crippen molar-refractivity contribution in [1.29, 1.82) is 0 Å². The van der Waals surface area contributed by atoms with E-state index in [4.69, 9.17) is 9.15 Å². The van der Waals surface area contributed by atoms with Gasteiger partial charge < -0.3 is 18.6 Å². The van der Waals surface area contributed by atoms with Crippen molar-refractivity contribution in [2.75, 3.05) is 13.1 Å². The molecule has 23 heavy (non-hydrogen) atoms. The zero-order valence-electron chi connectivity index (χ0n) is 14.2. The minimum atomic E-state index is 0.0781. The molecular formula is C18H24N2O3. The Morgan fingerprint density at radius 1 is 1.26 bits per heavy atom. The van der Waals surface area contributed by atoms with Crippen molar-refractivity contribution in [3.05, 3.63) is 47.2 Å². The van der Waals surface area contributed by atoms with Gasteiger partial charge in [-0.25, -0.2) is 0 Å². The summed E-state index contributed by atoms with van der Waals surface area (Å²) < 4.78 is 13.3. The molecule has 1 aliphatic heterocycles. The fraction of sp³-hybridized carbons (Fsp3) is 0.500. The summed E-state index contributed by atoms with van der Waals surface area (Å²) in [7, 11) is 0. The van der Waals surface area contributed by atoms with Crippen molar-refractivity contribution in [2.45, 2.75) is 46.4 Å². The largest absolute Gasteiger partial charge is 0.467 e. The molecule has 2 atom stereocenters. The fourth-order valence-electron chi connectivity index (χ4n) is 3.33. The average molecular weight is 316 g/mol. The number of carbonyl (C=O) groups is 1. The first-order valence-corrected chi connectivity index (χ1v) is 8.09. The van der Waals surface area contributed by atoms with Gasteiger partial charge in [-0.15, -0.1) is 0 Å². The van der Waals surface area contributed by atoms with Crippen molar-refractivity contribution < 1.29 is 13.9 Å². The van der Waals surface area contributed by atoms with Crippen LogP contribution in [0.3, 0.4) is 0 Å². The molecule has 1 saturated heterocycles. The number of furan rings is 1. The van der Waals surface area contributed by atoms with Gasteiger partial charge in [0.2, 0.25) is 0 Å². The number of amides is 1. The normalized spacial score (nSPS) is 21.7. The van der Waals surface area contributed by atoms with Crippen LogP contribution in [0.5, 0.6) is 0 Å². The third kappa shape index (κ3) is 3.20. The smallest absolute Gasteiger partial charge is 0.255 e. The molecule has 0 aromatic carbocycles. The predicted octanol–water partition coefficient (Wildman–Crippen LogP) is 3.00. The highest BCUT2D eigenvalue weighted by atomic mass is 16.5. The zero-order valence-corrected chi connectivity index (χ0v) is 14.2. The van der Waals surface area contributed by atoms with Crippen LogP contribution in [0.15, 0.2) is 28.9 Å². The number of hydrogen-bond acceptors (Lipinski definition) is 3. The van der Waals surface area contributed by atoms with Crippen LogP contribution in [0.2, 0.25) is 0 Å². The van der Waals surface area contributed by atoms with Gasteiger partial charge >= 0.3 is 0 Å². The molecule has 124 valence electrons. The predicted molar refractivity (Wildman–Crippen MR) is 87.6 cm³/mol. The Morgan fingerprint density at radius 2 is 1.96 bits per heavy atom. The standard InChI is InChI=1S/C18H24N2O3/c1-12-8-17(15(4)20(12)11-16-6-5-7-22-16)18(21)19-9-13(2)23-14(3)10-19/h5-8,13-14H,9-11H2,1-4H3/t13-,14-/m0/s1. The first kappa shape index (κ1) is 15.9. The van der Waals surface area contributed by atoms with Crippen LogP contribution in [0.4, 0.5) is 0 Å². The molecule has 0 N–H and O–H groups in total. The van der Waals surface area contributed by atoms with Crippen LogP contribution in [-0.2, 0) is 11.3 Å². The molecule has 1 fully saturated rings. The quantitative estimate of drug-likeness (QED) is 0.874. The number of aryl methyl sites for hydroxylation is 1. The van der Waals surface area contributed by atoms with Crippen molar-refractivity contribution in [1.82, 2.24) is 9.47 Å². The minimum absolute atomic E-state index is 0.0781. The molecule has 0 aliphatic carbocycles. The van der Waals surface area contributed by atoms with Crippen molar-refractivity contribution in [3.8, 4) is 0 Å². The molecule has 2 aromatic heterocycles. The Kier molecular flexibility index (Phi) is 4.31. The minimum Gasteiger partial charge on any atom is -0.467 e. The summed E-state index contributed by atoms with van der Waals surface area (Å²) in [6, 6.07) is 5.81. The van der Waals surface area contributed by atoms with Crippen LogP contribution in [0.25, 0.3) is 0 Å². The van der Waals surface area contributed by atoms with Crippen molar-refractivity contribution in [2.24, 2.45) is 0 Å². The number of hydrogen-bond donors (Lipinski definition) is 0. The average Bonchev–Trinajstić information content (AvgIpc) is 3.09. The topological polar surface area (TPSA) is 47.6 Å². The summed E-state index contributed by atoms with van der Waals surface area (Å²) in [5.74, 6) is 0.977. The highest BCUT2D eigenvalue weighted by Gasteiger charge is 2.28. The molecular weight excluding hydrogens is 292 g/mol. The third-order valence-electron chi connectivity index (χ3n) is 4.40. The molecule has 0 radical (unpaired) electrons. The summed E-state index contributed by atoms with van der Waals surface area (Å²) in [5.41, 5.74) is 2.82. The van der Waals surface area contributed by atoms with Gasteiger partial charge in [0.1, 0.15) is 5.76 Å². The summed E-state index contributed by atoms with van der Waals surface area (Å²) >= 11 is 0. The molecule has 0 spiro atoms. The second-order valence-corrected chi connectivity index (χ2v) is 6.42. The summed E-state index contributed by atoms with van der Waals surface area (Å²) in [4.78, 5) is 14.8. The SMILES string of the molecule is Cc1cc(C(=O)N2C[C@H](C)O[C@@H](C)C2)c(C)n1Cc1ccco1. The van der Waals surface area contributed by atoms with Gasteiger partial charge in [0.05, 0.1) is 30.6 Å². The van der Waals surface area contributed by atoms with E-state index < -0.39 is 0 Å². The maximum atomic E-state index is 12.9. The molecule has 5 nitrogen and oxygen atoms in total. The Labute approximate surface area is 136 Å². The Morgan fingerprint density at radius 3 is 2.57 bits per heavy atom. The van der Waals surface area contributed by atoms with Crippen LogP contribution < -0.4 is 0 Å². The second kappa shape index (κ2) is 6.24. The van der Waals surface area contributed by atoms with E-state index >= 15 is 0 Å². The maximum Gasteiger partial charge on any atom is 0.255 e. The molecule has 5 heteroatoms. The number of rotatable bonds is 3. The molecule has 0 bridgehead atoms. The van der Waals surface area contributed by atoms with Crippen LogP contribution >= 0.6 is 0 Å². The van der Waals surface area contributed by atoms with E-state index in [1.165, 1.54) is 0 Å². The van der Waals surface area contributed by atoms with E-state index in [1.807, 2.05) is 50.8 Å². The number of morpholine rings is 1. The number of ether oxygens (including phenoxy) is 1. The molecule has 0 saturated carbocycles. The van der Waals surface area contributed by atoms with Gasteiger partial charge in [-0.1, -0.05) is 0 Å². The highest BCUT2D eigenvalue weighted by Crippen LogP contribution is 2.21. The Bertz CT molecular complexity index is 677. The molecule has 3 rings (SSSR count). The Balaban J connectivity index is 1.84. The van der Waals surface area contributed by atoms with Gasteiger partial charge in [-0.05, 0) is 45.9 Å². The number of carbonyl (C=O) groups excluding carboxylic acids is 1. The molecule has 0 unspecified atom stereocenters. The third-order valence-corrected chi connectivity index (χ3v) is 4.40. The van der Waals surface area contributed by atoms with E-state index in [9.17, 15) is 4.79 Å². The lowest BCUT2D eigenvalue weighted by molar-refractivity contribution is -0.0586. The Hall–Kier alpha value is -2.01. The number of aromatic nitrogens is 1. The molecule has 1 amide bonds. The molecule has 2 aromatic rings. The van der Waals surface area contributed by atoms with Crippen LogP contribution in [0.1, 0.15) is 41.4 Å². The lowest BCUT2D eigenvalue weighted by atomic mass is 10.1. The van der Waals surface area contributed by atoms with Crippen LogP contribution in [-0.4, -0.2) is 40.7 Å². The monoisotopic (exact) mass is 316 g/mol. The van der Waals surface area contributed by atoms with Crippen LogP contribution in [0, 0.1) is 13.8 Å². The second-order valence-electron chi connectivity index (χ2n) is 6.42. The lowest BCUT2D eigenvalue weighted by Gasteiger charge is -2.35. The summed E-state index contributed by atoms with van der Waals surface area (Å²) in [6.07, 6.45) is 1.83. The first-order valence-electron chi connectivity index (χ1n) is 8.09. The van der Waals surface area contributed by atoms with Crippen molar-refractivity contribution >= 4 is 5.91 Å². The first-order chi connectivity index (χ1) is 11.0.